The number of ether oxygens (including phenoxy) is 1. The van der Waals surface area contributed by atoms with Gasteiger partial charge in [0.25, 0.3) is 0 Å². The van der Waals surface area contributed by atoms with Crippen molar-refractivity contribution < 1.29 is 27.9 Å². The second-order valence-electron chi connectivity index (χ2n) is 6.14. The quantitative estimate of drug-likeness (QED) is 0.872. The van der Waals surface area contributed by atoms with Crippen molar-refractivity contribution in [2.75, 3.05) is 0 Å². The number of phenolic OH excluding ortho intramolecular Hbond substituents is 1. The Morgan fingerprint density at radius 2 is 1.67 bits per heavy atom. The zero-order valence-electron chi connectivity index (χ0n) is 12.7. The largest absolute Gasteiger partial charge is 0.508 e. The highest BCUT2D eigenvalue weighted by molar-refractivity contribution is 6.63. The molecule has 0 aliphatic carbocycles. The van der Waals surface area contributed by atoms with Gasteiger partial charge in [0, 0.05) is 11.5 Å². The Morgan fingerprint density at radius 3 is 2.10 bits per heavy atom. The molecule has 1 saturated heterocycles. The first kappa shape index (κ1) is 16.0. The molecule has 1 N–H and O–H groups in total. The Labute approximate surface area is 123 Å². The normalized spacial score (nSPS) is 20.1. The Hall–Kier alpha value is -1.34. The van der Waals surface area contributed by atoms with E-state index in [0.29, 0.717) is 11.0 Å². The average molecular weight is 300 g/mol. The van der Waals surface area contributed by atoms with E-state index in [2.05, 4.69) is 4.74 Å². The van der Waals surface area contributed by atoms with Crippen molar-refractivity contribution in [3.05, 3.63) is 17.7 Å². The molecule has 0 radical (unpaired) electrons. The maximum atomic E-state index is 12.2. The molecule has 0 aromatic heterocycles. The topological polar surface area (TPSA) is 47.9 Å². The lowest BCUT2D eigenvalue weighted by molar-refractivity contribution is -0.0499. The predicted octanol–water partition coefficient (Wildman–Crippen LogP) is 2.60. The maximum absolute atomic E-state index is 12.2. The zero-order valence-corrected chi connectivity index (χ0v) is 12.7. The molecule has 1 aliphatic rings. The van der Waals surface area contributed by atoms with E-state index in [-0.39, 0.29) is 11.5 Å². The van der Waals surface area contributed by atoms with E-state index in [1.165, 1.54) is 6.07 Å². The first-order chi connectivity index (χ1) is 9.53. The van der Waals surface area contributed by atoms with Crippen LogP contribution in [-0.4, -0.2) is 30.0 Å². The smallest absolute Gasteiger partial charge is 0.498 e. The molecule has 0 bridgehead atoms. The van der Waals surface area contributed by atoms with Gasteiger partial charge < -0.3 is 19.2 Å². The molecule has 116 valence electrons. The van der Waals surface area contributed by atoms with Gasteiger partial charge in [-0.25, -0.2) is 0 Å². The summed E-state index contributed by atoms with van der Waals surface area (Å²) in [7, 11) is -0.754. The minimum absolute atomic E-state index is 0.0970. The van der Waals surface area contributed by atoms with Crippen molar-refractivity contribution in [3.63, 3.8) is 0 Å². The van der Waals surface area contributed by atoms with Crippen molar-refractivity contribution in [2.24, 2.45) is 0 Å². The van der Waals surface area contributed by atoms with E-state index in [0.717, 1.165) is 6.07 Å². The van der Waals surface area contributed by atoms with E-state index in [9.17, 15) is 13.9 Å². The Morgan fingerprint density at radius 1 is 1.14 bits per heavy atom. The van der Waals surface area contributed by atoms with Crippen LogP contribution in [0.4, 0.5) is 8.78 Å². The van der Waals surface area contributed by atoms with Gasteiger partial charge in [0.1, 0.15) is 11.5 Å². The Bertz CT molecular complexity index is 507. The maximum Gasteiger partial charge on any atom is 0.498 e. The molecule has 7 heteroatoms. The number of benzene rings is 1. The van der Waals surface area contributed by atoms with Gasteiger partial charge in [-0.3, -0.25) is 0 Å². The molecule has 2 rings (SSSR count). The summed E-state index contributed by atoms with van der Waals surface area (Å²) in [5, 5.41) is 10.1. The number of aromatic hydroxyl groups is 1. The number of hydrogen-bond acceptors (Lipinski definition) is 4. The van der Waals surface area contributed by atoms with Gasteiger partial charge in [-0.15, -0.1) is 0 Å². The highest BCUT2D eigenvalue weighted by Crippen LogP contribution is 2.37. The molecule has 0 amide bonds. The summed E-state index contributed by atoms with van der Waals surface area (Å²) >= 11 is 0. The second-order valence-corrected chi connectivity index (χ2v) is 6.14. The number of halogens is 2. The van der Waals surface area contributed by atoms with Crippen LogP contribution in [0.1, 0.15) is 33.3 Å². The minimum Gasteiger partial charge on any atom is -0.508 e. The van der Waals surface area contributed by atoms with Crippen LogP contribution in [0.3, 0.4) is 0 Å². The monoisotopic (exact) mass is 300 g/mol. The average Bonchev–Trinajstić information content (AvgIpc) is 2.44. The summed E-state index contributed by atoms with van der Waals surface area (Å²) in [6.45, 7) is 6.33. The molecule has 0 unspecified atom stereocenters. The van der Waals surface area contributed by atoms with Crippen LogP contribution in [0.15, 0.2) is 12.1 Å². The zero-order chi connectivity index (χ0) is 16.0. The van der Waals surface area contributed by atoms with Crippen molar-refractivity contribution in [1.29, 1.82) is 0 Å². The molecule has 0 atom stereocenters. The summed E-state index contributed by atoms with van der Waals surface area (Å²) in [4.78, 5) is 0. The summed E-state index contributed by atoms with van der Waals surface area (Å²) in [5.41, 5.74) is -0.108. The van der Waals surface area contributed by atoms with Crippen molar-refractivity contribution in [1.82, 2.24) is 0 Å². The predicted molar refractivity (Wildman–Crippen MR) is 75.2 cm³/mol. The molecule has 21 heavy (non-hydrogen) atoms. The van der Waals surface area contributed by atoms with Gasteiger partial charge in [0.05, 0.1) is 11.2 Å². The summed E-state index contributed by atoms with van der Waals surface area (Å²) in [5.74, 6) is -0.288. The van der Waals surface area contributed by atoms with Crippen molar-refractivity contribution in [3.8, 4) is 11.5 Å². The van der Waals surface area contributed by atoms with E-state index >= 15 is 0 Å². The molecule has 1 aromatic carbocycles. The number of rotatable bonds is 3. The minimum atomic E-state index is -2.94. The van der Waals surface area contributed by atoms with E-state index in [1.54, 1.807) is 6.92 Å². The lowest BCUT2D eigenvalue weighted by Crippen LogP contribution is -2.41. The molecule has 4 nitrogen and oxygen atoms in total. The van der Waals surface area contributed by atoms with Gasteiger partial charge in [-0.05, 0) is 46.2 Å². The number of hydrogen-bond donors (Lipinski definition) is 1. The molecule has 1 aromatic rings. The van der Waals surface area contributed by atoms with Gasteiger partial charge in [-0.2, -0.15) is 8.78 Å². The SMILES string of the molecule is Cc1cc(OC(F)F)cc(O)c1B1OC(C)(C)C(C)(C)O1. The molecule has 0 spiro atoms. The van der Waals surface area contributed by atoms with Crippen LogP contribution in [0.25, 0.3) is 0 Å². The Balaban J connectivity index is 2.34. The molecular weight excluding hydrogens is 281 g/mol. The standard InChI is InChI=1S/C14H19BF2O4/c1-8-6-9(19-12(16)17)7-10(18)11(8)15-20-13(2,3)14(4,5)21-15/h6-7,12,18H,1-5H3. The van der Waals surface area contributed by atoms with Gasteiger partial charge in [-0.1, -0.05) is 0 Å². The van der Waals surface area contributed by atoms with Crippen LogP contribution >= 0.6 is 0 Å². The van der Waals surface area contributed by atoms with Gasteiger partial charge >= 0.3 is 13.7 Å². The summed E-state index contributed by atoms with van der Waals surface area (Å²) < 4.78 is 40.5. The second kappa shape index (κ2) is 5.14. The first-order valence-corrected chi connectivity index (χ1v) is 6.67. The number of phenols is 1. The highest BCUT2D eigenvalue weighted by Gasteiger charge is 2.52. The third kappa shape index (κ3) is 2.99. The van der Waals surface area contributed by atoms with Gasteiger partial charge in [0.2, 0.25) is 0 Å². The van der Waals surface area contributed by atoms with Crippen LogP contribution < -0.4 is 10.2 Å². The number of alkyl halides is 2. The molecule has 1 fully saturated rings. The third-order valence-corrected chi connectivity index (χ3v) is 4.05. The fourth-order valence-electron chi connectivity index (χ4n) is 2.19. The lowest BCUT2D eigenvalue weighted by Gasteiger charge is -2.32. The van der Waals surface area contributed by atoms with Crippen molar-refractivity contribution >= 4 is 12.6 Å². The summed E-state index contributed by atoms with van der Waals surface area (Å²) in [6.07, 6.45) is 0. The Kier molecular flexibility index (Phi) is 3.93. The first-order valence-electron chi connectivity index (χ1n) is 6.67. The number of aryl methyl sites for hydroxylation is 1. The summed E-state index contributed by atoms with van der Waals surface area (Å²) in [6, 6.07) is 2.56. The van der Waals surface area contributed by atoms with Gasteiger partial charge in [0.15, 0.2) is 0 Å². The van der Waals surface area contributed by atoms with E-state index in [1.807, 2.05) is 27.7 Å². The van der Waals surface area contributed by atoms with Crippen LogP contribution in [0.2, 0.25) is 0 Å². The fourth-order valence-corrected chi connectivity index (χ4v) is 2.19. The molecule has 1 heterocycles. The van der Waals surface area contributed by atoms with E-state index in [4.69, 9.17) is 9.31 Å². The molecule has 1 aliphatic heterocycles. The van der Waals surface area contributed by atoms with Crippen LogP contribution in [-0.2, 0) is 9.31 Å². The molecule has 0 saturated carbocycles. The highest BCUT2D eigenvalue weighted by atomic mass is 19.3. The molecular formula is C14H19BF2O4. The third-order valence-electron chi connectivity index (χ3n) is 4.05. The van der Waals surface area contributed by atoms with Crippen molar-refractivity contribution in [2.45, 2.75) is 52.4 Å². The fraction of sp³-hybridized carbons (Fsp3) is 0.571. The van der Waals surface area contributed by atoms with Crippen LogP contribution in [0, 0.1) is 6.92 Å². The van der Waals surface area contributed by atoms with Crippen LogP contribution in [0.5, 0.6) is 11.5 Å². The lowest BCUT2D eigenvalue weighted by atomic mass is 9.75. The van der Waals surface area contributed by atoms with E-state index < -0.39 is 24.9 Å².